The van der Waals surface area contributed by atoms with Crippen molar-refractivity contribution < 1.29 is 24.0 Å². The Labute approximate surface area is 165 Å². The molecule has 0 fully saturated rings. The van der Waals surface area contributed by atoms with Gasteiger partial charge in [0.25, 0.3) is 11.6 Å². The zero-order valence-electron chi connectivity index (χ0n) is 15.2. The van der Waals surface area contributed by atoms with Crippen LogP contribution in [0, 0.1) is 21.4 Å². The van der Waals surface area contributed by atoms with E-state index < -0.39 is 28.1 Å². The first-order chi connectivity index (χ1) is 13.8. The minimum absolute atomic E-state index is 0.0879. The van der Waals surface area contributed by atoms with Crippen molar-refractivity contribution >= 4 is 23.7 Å². The largest absolute Gasteiger partial charge is 0.493 e. The Balaban J connectivity index is 2.44. The van der Waals surface area contributed by atoms with Gasteiger partial charge in [-0.15, -0.1) is 0 Å². The van der Waals surface area contributed by atoms with Crippen LogP contribution in [0.15, 0.2) is 48.0 Å². The van der Waals surface area contributed by atoms with Crippen LogP contribution in [0.3, 0.4) is 0 Å². The average molecular weight is 396 g/mol. The zero-order valence-corrected chi connectivity index (χ0v) is 15.2. The van der Waals surface area contributed by atoms with Crippen LogP contribution in [0.4, 0.5) is 10.5 Å². The predicted molar refractivity (Wildman–Crippen MR) is 102 cm³/mol. The van der Waals surface area contributed by atoms with Crippen molar-refractivity contribution in [1.29, 1.82) is 5.26 Å². The van der Waals surface area contributed by atoms with Crippen molar-refractivity contribution in [2.24, 2.45) is 5.73 Å². The summed E-state index contributed by atoms with van der Waals surface area (Å²) >= 11 is 0. The Morgan fingerprint density at radius 3 is 2.52 bits per heavy atom. The van der Waals surface area contributed by atoms with E-state index in [2.05, 4.69) is 0 Å². The number of benzene rings is 2. The summed E-state index contributed by atoms with van der Waals surface area (Å²) in [4.78, 5) is 33.4. The molecular weight excluding hydrogens is 380 g/mol. The van der Waals surface area contributed by atoms with Crippen LogP contribution in [0.25, 0.3) is 6.08 Å². The van der Waals surface area contributed by atoms with Crippen LogP contribution in [-0.4, -0.2) is 24.0 Å². The second kappa shape index (κ2) is 9.52. The molecule has 0 radical (unpaired) electrons. The SMILES string of the molecule is COc1cc(/C=C(/C#N)C(=O)NC(N)=O)c([N+](=O)[O-])cc1OCc1ccccc1. The van der Waals surface area contributed by atoms with E-state index in [0.717, 1.165) is 17.7 Å². The van der Waals surface area contributed by atoms with Gasteiger partial charge in [0.05, 0.1) is 23.7 Å². The van der Waals surface area contributed by atoms with Crippen molar-refractivity contribution in [3.8, 4) is 17.6 Å². The third-order valence-corrected chi connectivity index (χ3v) is 3.65. The second-order valence-corrected chi connectivity index (χ2v) is 5.58. The van der Waals surface area contributed by atoms with Crippen LogP contribution in [0.2, 0.25) is 0 Å². The molecule has 148 valence electrons. The van der Waals surface area contributed by atoms with Crippen molar-refractivity contribution in [1.82, 2.24) is 5.32 Å². The summed E-state index contributed by atoms with van der Waals surface area (Å²) in [5, 5.41) is 22.3. The first-order valence-electron chi connectivity index (χ1n) is 8.11. The molecule has 0 aromatic heterocycles. The van der Waals surface area contributed by atoms with Gasteiger partial charge in [-0.25, -0.2) is 4.79 Å². The summed E-state index contributed by atoms with van der Waals surface area (Å²) in [5.41, 5.74) is 4.64. The highest BCUT2D eigenvalue weighted by Gasteiger charge is 2.21. The highest BCUT2D eigenvalue weighted by Crippen LogP contribution is 2.36. The predicted octanol–water partition coefficient (Wildman–Crippen LogP) is 2.28. The van der Waals surface area contributed by atoms with E-state index in [1.807, 2.05) is 30.3 Å². The molecule has 2 aromatic carbocycles. The maximum atomic E-state index is 11.8. The number of carbonyl (C=O) groups excluding carboxylic acids is 2. The lowest BCUT2D eigenvalue weighted by Gasteiger charge is -2.12. The topological polar surface area (TPSA) is 158 Å². The summed E-state index contributed by atoms with van der Waals surface area (Å²) < 4.78 is 10.9. The number of nitro benzene ring substituents is 1. The molecule has 0 saturated heterocycles. The van der Waals surface area contributed by atoms with Crippen molar-refractivity contribution in [3.05, 3.63) is 69.3 Å². The molecule has 10 nitrogen and oxygen atoms in total. The van der Waals surface area contributed by atoms with Crippen LogP contribution < -0.4 is 20.5 Å². The highest BCUT2D eigenvalue weighted by atomic mass is 16.6. The Morgan fingerprint density at radius 2 is 1.97 bits per heavy atom. The molecule has 0 bridgehead atoms. The number of nitro groups is 1. The van der Waals surface area contributed by atoms with Crippen molar-refractivity contribution in [2.45, 2.75) is 6.61 Å². The van der Waals surface area contributed by atoms with Gasteiger partial charge in [0.1, 0.15) is 18.2 Å². The lowest BCUT2D eigenvalue weighted by atomic mass is 10.1. The number of nitrogens with zero attached hydrogens (tertiary/aromatic N) is 2. The van der Waals surface area contributed by atoms with Gasteiger partial charge in [0, 0.05) is 0 Å². The minimum Gasteiger partial charge on any atom is -0.493 e. The number of hydrogen-bond donors (Lipinski definition) is 2. The smallest absolute Gasteiger partial charge is 0.319 e. The Kier molecular flexibility index (Phi) is 6.86. The Bertz CT molecular complexity index is 1010. The number of hydrogen-bond acceptors (Lipinski definition) is 7. The number of urea groups is 1. The average Bonchev–Trinajstić information content (AvgIpc) is 2.70. The van der Waals surface area contributed by atoms with E-state index in [0.29, 0.717) is 0 Å². The summed E-state index contributed by atoms with van der Waals surface area (Å²) in [5.74, 6) is -0.816. The molecule has 10 heteroatoms. The van der Waals surface area contributed by atoms with Crippen molar-refractivity contribution in [3.63, 3.8) is 0 Å². The number of imide groups is 1. The van der Waals surface area contributed by atoms with E-state index >= 15 is 0 Å². The molecule has 2 aromatic rings. The molecule has 0 aliphatic carbocycles. The molecular formula is C19H16N4O6. The zero-order chi connectivity index (χ0) is 21.4. The number of amides is 3. The standard InChI is InChI=1S/C19H16N4O6/c1-28-16-8-13(7-14(10-20)18(24)22-19(21)25)15(23(26)27)9-17(16)29-11-12-5-3-2-4-6-12/h2-9H,11H2,1H3,(H3,21,22,24,25)/b14-7-. The first-order valence-corrected chi connectivity index (χ1v) is 8.11. The fourth-order valence-corrected chi connectivity index (χ4v) is 2.33. The minimum atomic E-state index is -1.16. The third kappa shape index (κ3) is 5.54. The van der Waals surface area contributed by atoms with Gasteiger partial charge in [-0.2, -0.15) is 5.26 Å². The fraction of sp³-hybridized carbons (Fsp3) is 0.105. The molecule has 3 N–H and O–H groups in total. The third-order valence-electron chi connectivity index (χ3n) is 3.65. The number of nitrogens with two attached hydrogens (primary N) is 1. The molecule has 0 atom stereocenters. The van der Waals surface area contributed by atoms with E-state index in [9.17, 15) is 19.7 Å². The summed E-state index contributed by atoms with van der Waals surface area (Å²) in [7, 11) is 1.34. The number of carbonyl (C=O) groups is 2. The van der Waals surface area contributed by atoms with E-state index in [1.54, 1.807) is 11.4 Å². The van der Waals surface area contributed by atoms with E-state index in [4.69, 9.17) is 20.5 Å². The van der Waals surface area contributed by atoms with Gasteiger partial charge in [-0.05, 0) is 17.7 Å². The monoisotopic (exact) mass is 396 g/mol. The van der Waals surface area contributed by atoms with E-state index in [-0.39, 0.29) is 23.7 Å². The molecule has 0 unspecified atom stereocenters. The summed E-state index contributed by atoms with van der Waals surface area (Å²) in [6, 6.07) is 12.0. The van der Waals surface area contributed by atoms with Crippen LogP contribution >= 0.6 is 0 Å². The quantitative estimate of drug-likeness (QED) is 0.314. The Hall–Kier alpha value is -4.39. The van der Waals surface area contributed by atoms with Crippen molar-refractivity contribution in [2.75, 3.05) is 7.11 Å². The van der Waals surface area contributed by atoms with Crippen LogP contribution in [0.1, 0.15) is 11.1 Å². The molecule has 0 spiro atoms. The van der Waals surface area contributed by atoms with Crippen LogP contribution in [0.5, 0.6) is 11.5 Å². The number of rotatable bonds is 7. The lowest BCUT2D eigenvalue weighted by Crippen LogP contribution is -2.35. The lowest BCUT2D eigenvalue weighted by molar-refractivity contribution is -0.385. The second-order valence-electron chi connectivity index (χ2n) is 5.58. The number of nitrogens with one attached hydrogen (secondary N) is 1. The molecule has 3 amide bonds. The number of nitriles is 1. The number of primary amides is 1. The maximum absolute atomic E-state index is 11.8. The molecule has 0 aliphatic heterocycles. The molecule has 29 heavy (non-hydrogen) atoms. The van der Waals surface area contributed by atoms with Gasteiger partial charge < -0.3 is 15.2 Å². The van der Waals surface area contributed by atoms with Gasteiger partial charge in [0.2, 0.25) is 0 Å². The summed E-state index contributed by atoms with van der Waals surface area (Å²) in [6.07, 6.45) is 0.958. The number of ether oxygens (including phenoxy) is 2. The van der Waals surface area contributed by atoms with Gasteiger partial charge in [0.15, 0.2) is 11.5 Å². The van der Waals surface area contributed by atoms with Gasteiger partial charge in [-0.1, -0.05) is 30.3 Å². The van der Waals surface area contributed by atoms with Gasteiger partial charge in [-0.3, -0.25) is 20.2 Å². The highest BCUT2D eigenvalue weighted by molar-refractivity contribution is 6.08. The van der Waals surface area contributed by atoms with Gasteiger partial charge >= 0.3 is 6.03 Å². The molecule has 0 aliphatic rings. The number of methoxy groups -OCH3 is 1. The maximum Gasteiger partial charge on any atom is 0.319 e. The normalized spacial score (nSPS) is 10.6. The fourth-order valence-electron chi connectivity index (χ4n) is 2.33. The molecule has 2 rings (SSSR count). The summed E-state index contributed by atoms with van der Waals surface area (Å²) in [6.45, 7) is 0.147. The van der Waals surface area contributed by atoms with Crippen LogP contribution in [-0.2, 0) is 11.4 Å². The molecule has 0 heterocycles. The molecule has 0 saturated carbocycles. The van der Waals surface area contributed by atoms with E-state index in [1.165, 1.54) is 13.2 Å². The Morgan fingerprint density at radius 1 is 1.28 bits per heavy atom. The first kappa shape index (κ1) is 20.9.